The van der Waals surface area contributed by atoms with Crippen LogP contribution >= 0.6 is 0 Å². The van der Waals surface area contributed by atoms with Crippen LogP contribution in [0.4, 0.5) is 0 Å². The molecule has 1 heterocycles. The lowest BCUT2D eigenvalue weighted by atomic mass is 9.45. The normalized spacial score (nSPS) is 51.9. The molecular formula is C29H44O8. The van der Waals surface area contributed by atoms with Crippen LogP contribution in [0, 0.1) is 40.4 Å². The van der Waals surface area contributed by atoms with Crippen molar-refractivity contribution in [2.24, 2.45) is 40.4 Å². The van der Waals surface area contributed by atoms with E-state index < -0.39 is 52.2 Å². The molecule has 1 aliphatic heterocycles. The molecule has 4 aliphatic carbocycles. The lowest BCUT2D eigenvalue weighted by molar-refractivity contribution is -0.178. The van der Waals surface area contributed by atoms with Gasteiger partial charge in [-0.05, 0) is 87.7 Å². The first-order chi connectivity index (χ1) is 17.1. The van der Waals surface area contributed by atoms with E-state index in [2.05, 4.69) is 0 Å². The number of aliphatic hydroxyl groups is 5. The van der Waals surface area contributed by atoms with E-state index in [1.807, 2.05) is 20.8 Å². The summed E-state index contributed by atoms with van der Waals surface area (Å²) >= 11 is 0. The van der Waals surface area contributed by atoms with Gasteiger partial charge in [0, 0.05) is 17.3 Å². The number of aliphatic hydroxyl groups excluding tert-OH is 3. The van der Waals surface area contributed by atoms with Gasteiger partial charge in [0.1, 0.15) is 6.10 Å². The van der Waals surface area contributed by atoms with Crippen LogP contribution in [0.2, 0.25) is 0 Å². The standard InChI is InChI=1S/C29H44O8/c1-14-16(15(2)37-25(14)34)10-24(33)28(5,35)23-7-9-29(36)18-11-20(30)19-12-21(31)22(32)13-26(19,3)17(18)6-8-27(23,29)4/h11,14-17,19,21-24,31-33,35-36H,6-10,12-13H2,1-5H3/t14?,15-,16-,17+,19?,21?,22?,23+,24?,26-,27-,28-,29-/m1/s1. The quantitative estimate of drug-likeness (QED) is 0.354. The fraction of sp³-hybridized carbons (Fsp3) is 0.862. The van der Waals surface area contributed by atoms with Crippen molar-refractivity contribution >= 4 is 11.8 Å². The molecule has 13 atom stereocenters. The van der Waals surface area contributed by atoms with Gasteiger partial charge in [0.2, 0.25) is 0 Å². The second-order valence-corrected chi connectivity index (χ2v) is 13.7. The van der Waals surface area contributed by atoms with E-state index in [1.54, 1.807) is 19.9 Å². The van der Waals surface area contributed by atoms with Gasteiger partial charge in [-0.1, -0.05) is 20.8 Å². The Labute approximate surface area is 219 Å². The highest BCUT2D eigenvalue weighted by Crippen LogP contribution is 2.68. The highest BCUT2D eigenvalue weighted by Gasteiger charge is 2.69. The SMILES string of the molecule is CC1C(=O)O[C@H](C)[C@@H]1CC(O)[C@](C)(O)[C@H]1CC[C@@]2(O)C3=CC(=O)C4CC(O)C(O)C[C@]4(C)[C@H]3CC[C@]12C. The van der Waals surface area contributed by atoms with E-state index in [1.165, 1.54) is 0 Å². The zero-order valence-corrected chi connectivity index (χ0v) is 22.7. The van der Waals surface area contributed by atoms with E-state index in [0.29, 0.717) is 37.7 Å². The van der Waals surface area contributed by atoms with E-state index in [0.717, 1.165) is 0 Å². The van der Waals surface area contributed by atoms with Gasteiger partial charge >= 0.3 is 5.97 Å². The first-order valence-corrected chi connectivity index (χ1v) is 14.0. The summed E-state index contributed by atoms with van der Waals surface area (Å²) in [7, 11) is 0. The predicted molar refractivity (Wildman–Crippen MR) is 134 cm³/mol. The Morgan fingerprint density at radius 3 is 2.41 bits per heavy atom. The third-order valence-electron chi connectivity index (χ3n) is 11.9. The summed E-state index contributed by atoms with van der Waals surface area (Å²) in [6.07, 6.45) is 1.21. The topological polar surface area (TPSA) is 145 Å². The van der Waals surface area contributed by atoms with Crippen LogP contribution in [0.5, 0.6) is 0 Å². The predicted octanol–water partition coefficient (Wildman–Crippen LogP) is 1.89. The highest BCUT2D eigenvalue weighted by molar-refractivity contribution is 5.95. The summed E-state index contributed by atoms with van der Waals surface area (Å²) in [5, 5.41) is 56.2. The third-order valence-corrected chi connectivity index (χ3v) is 11.9. The van der Waals surface area contributed by atoms with Crippen molar-refractivity contribution < 1.29 is 39.9 Å². The summed E-state index contributed by atoms with van der Waals surface area (Å²) in [5.41, 5.74) is -3.47. The molecule has 8 nitrogen and oxygen atoms in total. The van der Waals surface area contributed by atoms with Crippen LogP contribution in [0.25, 0.3) is 0 Å². The van der Waals surface area contributed by atoms with Crippen molar-refractivity contribution in [1.82, 2.24) is 0 Å². The monoisotopic (exact) mass is 520 g/mol. The Morgan fingerprint density at radius 1 is 1.11 bits per heavy atom. The molecule has 5 rings (SSSR count). The molecule has 0 bridgehead atoms. The van der Waals surface area contributed by atoms with Gasteiger partial charge in [0.05, 0.1) is 35.4 Å². The largest absolute Gasteiger partial charge is 0.462 e. The summed E-state index contributed by atoms with van der Waals surface area (Å²) in [4.78, 5) is 25.4. The second kappa shape index (κ2) is 8.59. The van der Waals surface area contributed by atoms with Gasteiger partial charge < -0.3 is 30.3 Å². The molecule has 208 valence electrons. The molecule has 5 N–H and O–H groups in total. The molecule has 1 saturated heterocycles. The van der Waals surface area contributed by atoms with Crippen molar-refractivity contribution in [1.29, 1.82) is 0 Å². The number of rotatable bonds is 4. The average Bonchev–Trinajstić information content (AvgIpc) is 3.23. The van der Waals surface area contributed by atoms with Gasteiger partial charge in [0.15, 0.2) is 5.78 Å². The van der Waals surface area contributed by atoms with E-state index >= 15 is 0 Å². The summed E-state index contributed by atoms with van der Waals surface area (Å²) in [6, 6.07) is 0. The van der Waals surface area contributed by atoms with Crippen molar-refractivity contribution in [3.05, 3.63) is 11.6 Å². The molecule has 0 aromatic carbocycles. The van der Waals surface area contributed by atoms with Crippen LogP contribution in [0.15, 0.2) is 11.6 Å². The molecule has 37 heavy (non-hydrogen) atoms. The Bertz CT molecular complexity index is 1010. The van der Waals surface area contributed by atoms with Gasteiger partial charge in [-0.25, -0.2) is 0 Å². The molecule has 8 heteroatoms. The van der Waals surface area contributed by atoms with E-state index in [-0.39, 0.29) is 48.5 Å². The fourth-order valence-electron chi connectivity index (χ4n) is 9.39. The van der Waals surface area contributed by atoms with Crippen LogP contribution < -0.4 is 0 Å². The number of carbonyl (C=O) groups is 2. The summed E-state index contributed by atoms with van der Waals surface area (Å²) in [5.74, 6) is -1.88. The molecular weight excluding hydrogens is 476 g/mol. The van der Waals surface area contributed by atoms with Crippen LogP contribution in [-0.4, -0.2) is 72.9 Å². The maximum atomic E-state index is 13.3. The number of esters is 1. The number of hydrogen-bond acceptors (Lipinski definition) is 8. The molecule has 5 aliphatic rings. The number of cyclic esters (lactones) is 1. The fourth-order valence-corrected chi connectivity index (χ4v) is 9.39. The van der Waals surface area contributed by atoms with Gasteiger partial charge in [-0.15, -0.1) is 0 Å². The smallest absolute Gasteiger partial charge is 0.309 e. The van der Waals surface area contributed by atoms with Gasteiger partial charge in [0.25, 0.3) is 0 Å². The molecule has 5 unspecified atom stereocenters. The summed E-state index contributed by atoms with van der Waals surface area (Å²) in [6.45, 7) is 9.21. The van der Waals surface area contributed by atoms with Crippen molar-refractivity contribution in [2.75, 3.05) is 0 Å². The highest BCUT2D eigenvalue weighted by atomic mass is 16.6. The lowest BCUT2D eigenvalue weighted by Crippen LogP contribution is -2.63. The Hall–Kier alpha value is -1.32. The minimum Gasteiger partial charge on any atom is -0.462 e. The van der Waals surface area contributed by atoms with Crippen LogP contribution in [-0.2, 0) is 14.3 Å². The maximum Gasteiger partial charge on any atom is 0.309 e. The van der Waals surface area contributed by atoms with Gasteiger partial charge in [-0.3, -0.25) is 9.59 Å². The minimum atomic E-state index is -1.52. The zero-order valence-electron chi connectivity index (χ0n) is 22.7. The Balaban J connectivity index is 1.44. The zero-order chi connectivity index (χ0) is 27.3. The molecule has 0 amide bonds. The molecule has 0 spiro atoms. The first kappa shape index (κ1) is 27.3. The Morgan fingerprint density at radius 2 is 1.78 bits per heavy atom. The van der Waals surface area contributed by atoms with Gasteiger partial charge in [-0.2, -0.15) is 0 Å². The van der Waals surface area contributed by atoms with Crippen LogP contribution in [0.1, 0.15) is 79.6 Å². The summed E-state index contributed by atoms with van der Waals surface area (Å²) < 4.78 is 5.34. The second-order valence-electron chi connectivity index (χ2n) is 13.7. The van der Waals surface area contributed by atoms with Crippen molar-refractivity contribution in [3.63, 3.8) is 0 Å². The maximum absolute atomic E-state index is 13.3. The number of ketones is 1. The minimum absolute atomic E-state index is 0.104. The van der Waals surface area contributed by atoms with E-state index in [9.17, 15) is 35.1 Å². The molecule has 0 aromatic rings. The Kier molecular flexibility index (Phi) is 6.33. The average molecular weight is 521 g/mol. The third kappa shape index (κ3) is 3.65. The van der Waals surface area contributed by atoms with Crippen molar-refractivity contribution in [3.8, 4) is 0 Å². The number of ether oxygens (including phenoxy) is 1. The first-order valence-electron chi connectivity index (χ1n) is 14.0. The molecule has 4 fully saturated rings. The molecule has 0 aromatic heterocycles. The number of allylic oxidation sites excluding steroid dienone is 1. The van der Waals surface area contributed by atoms with Crippen molar-refractivity contribution in [2.45, 2.75) is 115 Å². The molecule has 3 saturated carbocycles. The number of fused-ring (bicyclic) bond motifs is 5. The lowest BCUT2D eigenvalue weighted by Gasteiger charge is -2.60. The number of hydrogen-bond donors (Lipinski definition) is 5. The molecule has 0 radical (unpaired) electrons. The van der Waals surface area contributed by atoms with Crippen LogP contribution in [0.3, 0.4) is 0 Å². The van der Waals surface area contributed by atoms with E-state index in [4.69, 9.17) is 4.74 Å². The number of carbonyl (C=O) groups excluding carboxylic acids is 2.